The number of β-amino-alcohol motifs (C(OH)–C–C–N with tert-alkyl or cyclic N) is 1. The lowest BCUT2D eigenvalue weighted by Gasteiger charge is -2.16. The van der Waals surface area contributed by atoms with Crippen molar-refractivity contribution in [2.45, 2.75) is 31.8 Å². The van der Waals surface area contributed by atoms with E-state index < -0.39 is 6.10 Å². The van der Waals surface area contributed by atoms with E-state index in [4.69, 9.17) is 0 Å². The van der Waals surface area contributed by atoms with Crippen molar-refractivity contribution in [3.63, 3.8) is 0 Å². The molecule has 0 spiro atoms. The van der Waals surface area contributed by atoms with Crippen LogP contribution in [0.15, 0.2) is 36.5 Å². The third kappa shape index (κ3) is 2.80. The molecule has 1 saturated heterocycles. The highest BCUT2D eigenvalue weighted by Crippen LogP contribution is 2.28. The summed E-state index contributed by atoms with van der Waals surface area (Å²) in [4.78, 5) is 19.1. The number of carbonyl (C=O) groups excluding carboxylic acids is 1. The van der Waals surface area contributed by atoms with Crippen LogP contribution in [-0.2, 0) is 19.3 Å². The molecule has 2 atom stereocenters. The maximum absolute atomic E-state index is 12.9. The Bertz CT molecular complexity index is 1010. The number of aromatic nitrogens is 3. The van der Waals surface area contributed by atoms with Crippen LogP contribution < -0.4 is 0 Å². The van der Waals surface area contributed by atoms with Gasteiger partial charge in [-0.15, -0.1) is 0 Å². The first-order valence-corrected chi connectivity index (χ1v) is 9.57. The van der Waals surface area contributed by atoms with Crippen molar-refractivity contribution in [3.05, 3.63) is 59.0 Å². The first-order valence-electron chi connectivity index (χ1n) is 9.57. The van der Waals surface area contributed by atoms with Gasteiger partial charge in [-0.1, -0.05) is 18.2 Å². The predicted molar refractivity (Wildman–Crippen MR) is 101 cm³/mol. The maximum atomic E-state index is 12.9. The summed E-state index contributed by atoms with van der Waals surface area (Å²) in [7, 11) is 0. The normalized spacial score (nSPS) is 21.7. The predicted octanol–water partition coefficient (Wildman–Crippen LogP) is 2.12. The SMILES string of the molecule is O=C(c1n[nH]c2c1CCC2)N1CC(O)C(Cc2ccnc3ccccc23)C1. The van der Waals surface area contributed by atoms with Crippen LogP contribution in [0.3, 0.4) is 0 Å². The molecule has 3 aromatic rings. The van der Waals surface area contributed by atoms with Crippen LogP contribution in [0, 0.1) is 5.92 Å². The van der Waals surface area contributed by atoms with E-state index in [9.17, 15) is 9.90 Å². The van der Waals surface area contributed by atoms with Gasteiger partial charge in [0.2, 0.25) is 0 Å². The van der Waals surface area contributed by atoms with Crippen LogP contribution in [0.4, 0.5) is 0 Å². The van der Waals surface area contributed by atoms with Crippen molar-refractivity contribution < 1.29 is 9.90 Å². The van der Waals surface area contributed by atoms with Crippen molar-refractivity contribution in [1.82, 2.24) is 20.1 Å². The van der Waals surface area contributed by atoms with Crippen LogP contribution in [0.25, 0.3) is 10.9 Å². The Balaban J connectivity index is 1.36. The number of H-pyrrole nitrogens is 1. The molecular weight excluding hydrogens is 340 g/mol. The quantitative estimate of drug-likeness (QED) is 0.748. The minimum absolute atomic E-state index is 0.0201. The van der Waals surface area contributed by atoms with E-state index in [1.165, 1.54) is 5.56 Å². The second-order valence-electron chi connectivity index (χ2n) is 7.61. The summed E-state index contributed by atoms with van der Waals surface area (Å²) in [6.45, 7) is 0.923. The van der Waals surface area contributed by atoms with Gasteiger partial charge in [-0.05, 0) is 43.4 Å². The van der Waals surface area contributed by atoms with E-state index in [-0.39, 0.29) is 11.8 Å². The number of aromatic amines is 1. The number of hydrogen-bond donors (Lipinski definition) is 2. The lowest BCUT2D eigenvalue weighted by Crippen LogP contribution is -2.30. The summed E-state index contributed by atoms with van der Waals surface area (Å²) in [5, 5.41) is 19.0. The summed E-state index contributed by atoms with van der Waals surface area (Å²) in [6, 6.07) is 10.1. The maximum Gasteiger partial charge on any atom is 0.274 e. The van der Waals surface area contributed by atoms with Gasteiger partial charge < -0.3 is 10.0 Å². The number of pyridine rings is 1. The Morgan fingerprint density at radius 1 is 1.22 bits per heavy atom. The zero-order valence-corrected chi connectivity index (χ0v) is 15.1. The second-order valence-corrected chi connectivity index (χ2v) is 7.61. The van der Waals surface area contributed by atoms with E-state index in [0.717, 1.165) is 47.8 Å². The van der Waals surface area contributed by atoms with Crippen molar-refractivity contribution >= 4 is 16.8 Å². The highest BCUT2D eigenvalue weighted by Gasteiger charge is 2.36. The van der Waals surface area contributed by atoms with Crippen molar-refractivity contribution in [2.24, 2.45) is 5.92 Å². The van der Waals surface area contributed by atoms with Crippen molar-refractivity contribution in [1.29, 1.82) is 0 Å². The van der Waals surface area contributed by atoms with Gasteiger partial charge >= 0.3 is 0 Å². The Kier molecular flexibility index (Phi) is 3.93. The Morgan fingerprint density at radius 2 is 2.11 bits per heavy atom. The van der Waals surface area contributed by atoms with Gasteiger partial charge in [0.05, 0.1) is 11.6 Å². The smallest absolute Gasteiger partial charge is 0.274 e. The molecule has 1 aliphatic heterocycles. The molecule has 1 amide bonds. The molecule has 2 aliphatic rings. The average Bonchev–Trinajstić information content (AvgIpc) is 3.38. The lowest BCUT2D eigenvalue weighted by molar-refractivity contribution is 0.0758. The highest BCUT2D eigenvalue weighted by atomic mass is 16.3. The number of aryl methyl sites for hydroxylation is 1. The standard InChI is InChI=1S/C21H22N4O2/c26-19-12-25(21(27)20-16-5-3-7-18(16)23-24-20)11-14(19)10-13-8-9-22-17-6-2-1-4-15(13)17/h1-2,4,6,8-9,14,19,26H,3,5,7,10-12H2,(H,23,24). The molecule has 1 fully saturated rings. The number of carbonyl (C=O) groups is 1. The Hall–Kier alpha value is -2.73. The number of amides is 1. The molecule has 27 heavy (non-hydrogen) atoms. The number of nitrogens with zero attached hydrogens (tertiary/aromatic N) is 3. The first-order chi connectivity index (χ1) is 13.2. The fourth-order valence-electron chi connectivity index (χ4n) is 4.48. The number of likely N-dealkylation sites (tertiary alicyclic amines) is 1. The van der Waals surface area contributed by atoms with E-state index in [0.29, 0.717) is 18.8 Å². The van der Waals surface area contributed by atoms with Crippen LogP contribution >= 0.6 is 0 Å². The third-order valence-corrected chi connectivity index (χ3v) is 5.92. The molecule has 1 aromatic carbocycles. The molecule has 0 saturated carbocycles. The number of aliphatic hydroxyl groups excluding tert-OH is 1. The van der Waals surface area contributed by atoms with Gasteiger partial charge in [-0.2, -0.15) is 5.10 Å². The molecule has 0 bridgehead atoms. The molecule has 2 unspecified atom stereocenters. The van der Waals surface area contributed by atoms with Gasteiger partial charge in [0.25, 0.3) is 5.91 Å². The number of para-hydroxylation sites is 1. The van der Waals surface area contributed by atoms with Crippen LogP contribution in [0.2, 0.25) is 0 Å². The molecule has 6 heteroatoms. The monoisotopic (exact) mass is 362 g/mol. The zero-order valence-electron chi connectivity index (χ0n) is 15.1. The van der Waals surface area contributed by atoms with Crippen LogP contribution in [-0.4, -0.2) is 50.3 Å². The lowest BCUT2D eigenvalue weighted by atomic mass is 9.94. The topological polar surface area (TPSA) is 82.1 Å². The minimum atomic E-state index is -0.520. The number of aliphatic hydroxyl groups is 1. The molecule has 0 radical (unpaired) electrons. The van der Waals surface area contributed by atoms with Gasteiger partial charge in [0.1, 0.15) is 0 Å². The number of benzene rings is 1. The Labute approximate surface area is 157 Å². The molecule has 5 rings (SSSR count). The number of nitrogens with one attached hydrogen (secondary N) is 1. The molecule has 2 N–H and O–H groups in total. The van der Waals surface area contributed by atoms with Gasteiger partial charge in [-0.25, -0.2) is 0 Å². The fraction of sp³-hybridized carbons (Fsp3) is 0.381. The highest BCUT2D eigenvalue weighted by molar-refractivity contribution is 5.94. The third-order valence-electron chi connectivity index (χ3n) is 5.92. The molecule has 138 valence electrons. The summed E-state index contributed by atoms with van der Waals surface area (Å²) >= 11 is 0. The average molecular weight is 362 g/mol. The number of fused-ring (bicyclic) bond motifs is 2. The van der Waals surface area contributed by atoms with E-state index in [2.05, 4.69) is 21.2 Å². The fourth-order valence-corrected chi connectivity index (χ4v) is 4.48. The summed E-state index contributed by atoms with van der Waals surface area (Å²) < 4.78 is 0. The molecular formula is C21H22N4O2. The zero-order chi connectivity index (χ0) is 18.4. The van der Waals surface area contributed by atoms with Gasteiger partial charge in [0.15, 0.2) is 5.69 Å². The summed E-state index contributed by atoms with van der Waals surface area (Å²) in [5.41, 5.74) is 4.84. The number of rotatable bonds is 3. The minimum Gasteiger partial charge on any atom is -0.391 e. The molecule has 1 aliphatic carbocycles. The van der Waals surface area contributed by atoms with Crippen molar-refractivity contribution in [3.8, 4) is 0 Å². The molecule has 3 heterocycles. The van der Waals surface area contributed by atoms with Crippen molar-refractivity contribution in [2.75, 3.05) is 13.1 Å². The molecule has 6 nitrogen and oxygen atoms in total. The van der Waals surface area contributed by atoms with Crippen LogP contribution in [0.5, 0.6) is 0 Å². The van der Waals surface area contributed by atoms with E-state index in [1.54, 1.807) is 4.90 Å². The first kappa shape index (κ1) is 16.4. The largest absolute Gasteiger partial charge is 0.391 e. The van der Waals surface area contributed by atoms with Crippen LogP contribution in [0.1, 0.15) is 33.7 Å². The number of hydrogen-bond acceptors (Lipinski definition) is 4. The van der Waals surface area contributed by atoms with E-state index in [1.807, 2.05) is 30.5 Å². The Morgan fingerprint density at radius 3 is 3.04 bits per heavy atom. The van der Waals surface area contributed by atoms with E-state index >= 15 is 0 Å². The molecule has 2 aromatic heterocycles. The van der Waals surface area contributed by atoms with Gasteiger partial charge in [-0.3, -0.25) is 14.9 Å². The summed E-state index contributed by atoms with van der Waals surface area (Å²) in [6.07, 6.45) is 4.98. The summed E-state index contributed by atoms with van der Waals surface area (Å²) in [5.74, 6) is -0.0396. The second kappa shape index (κ2) is 6.46. The van der Waals surface area contributed by atoms with Gasteiger partial charge in [0, 0.05) is 41.8 Å².